The molecule has 0 spiro atoms. The molecule has 0 aliphatic heterocycles. The highest BCUT2D eigenvalue weighted by Gasteiger charge is 2.09. The summed E-state index contributed by atoms with van der Waals surface area (Å²) in [6, 6.07) is 10.2. The minimum absolute atomic E-state index is 0.363. The second kappa shape index (κ2) is 7.01. The number of ether oxygens (including phenoxy) is 1. The van der Waals surface area contributed by atoms with Gasteiger partial charge in [-0.3, -0.25) is 4.98 Å². The number of aromatic nitrogens is 3. The van der Waals surface area contributed by atoms with Gasteiger partial charge in [0.05, 0.1) is 5.52 Å². The fraction of sp³-hybridized carbons (Fsp3) is 0.133. The Hall–Kier alpha value is -1.06. The molecule has 0 radical (unpaired) electrons. The molecule has 0 unspecified atom stereocenters. The van der Waals surface area contributed by atoms with E-state index in [1.54, 1.807) is 29.7 Å². The Kier molecular flexibility index (Phi) is 5.04. The number of rotatable bonds is 4. The summed E-state index contributed by atoms with van der Waals surface area (Å²) in [6.45, 7) is 0. The predicted molar refractivity (Wildman–Crippen MR) is 100 cm³/mol. The van der Waals surface area contributed by atoms with Gasteiger partial charge in [0, 0.05) is 21.2 Å². The van der Waals surface area contributed by atoms with Crippen molar-refractivity contribution in [1.82, 2.24) is 15.0 Å². The van der Waals surface area contributed by atoms with Gasteiger partial charge in [-0.1, -0.05) is 0 Å². The molecule has 22 heavy (non-hydrogen) atoms. The minimum Gasteiger partial charge on any atom is -0.423 e. The molecule has 1 aromatic carbocycles. The predicted octanol–water partition coefficient (Wildman–Crippen LogP) is 4.87. The highest BCUT2D eigenvalue weighted by molar-refractivity contribution is 14.1. The second-order valence-corrected chi connectivity index (χ2v) is 7.21. The van der Waals surface area contributed by atoms with E-state index < -0.39 is 0 Å². The van der Waals surface area contributed by atoms with Gasteiger partial charge in [0.1, 0.15) is 15.8 Å². The maximum absolute atomic E-state index is 5.93. The van der Waals surface area contributed by atoms with E-state index in [4.69, 9.17) is 4.74 Å². The first-order valence-corrected chi connectivity index (χ1v) is 9.91. The van der Waals surface area contributed by atoms with Crippen molar-refractivity contribution in [3.63, 3.8) is 0 Å². The topological polar surface area (TPSA) is 47.9 Å². The Bertz CT molecular complexity index is 807. The normalized spacial score (nSPS) is 10.9. The number of fused-ring (bicyclic) bond motifs is 1. The molecule has 7 heteroatoms. The number of nitrogens with zero attached hydrogens (tertiary/aromatic N) is 3. The summed E-state index contributed by atoms with van der Waals surface area (Å²) in [4.78, 5) is 13.2. The number of hydrogen-bond acceptors (Lipinski definition) is 6. The lowest BCUT2D eigenvalue weighted by Gasteiger charge is -2.09. The van der Waals surface area contributed by atoms with Gasteiger partial charge in [0.25, 0.3) is 0 Å². The van der Waals surface area contributed by atoms with Gasteiger partial charge < -0.3 is 4.74 Å². The molecule has 0 bridgehead atoms. The van der Waals surface area contributed by atoms with Gasteiger partial charge in [-0.05, 0) is 59.4 Å². The molecule has 4 nitrogen and oxygen atoms in total. The fourth-order valence-electron chi connectivity index (χ4n) is 1.92. The van der Waals surface area contributed by atoms with Crippen LogP contribution >= 0.6 is 46.1 Å². The van der Waals surface area contributed by atoms with Crippen LogP contribution in [0.15, 0.2) is 46.6 Å². The van der Waals surface area contributed by atoms with Crippen LogP contribution in [0.4, 0.5) is 0 Å². The van der Waals surface area contributed by atoms with Gasteiger partial charge in [-0.2, -0.15) is 9.97 Å². The molecule has 112 valence electrons. The minimum atomic E-state index is 0.363. The van der Waals surface area contributed by atoms with Crippen LogP contribution in [0.5, 0.6) is 11.8 Å². The molecule has 0 amide bonds. The number of hydrogen-bond donors (Lipinski definition) is 0. The van der Waals surface area contributed by atoms with Crippen molar-refractivity contribution in [2.45, 2.75) is 10.1 Å². The Balaban J connectivity index is 2.03. The molecule has 0 aliphatic rings. The van der Waals surface area contributed by atoms with Crippen molar-refractivity contribution >= 4 is 57.0 Å². The summed E-state index contributed by atoms with van der Waals surface area (Å²) in [7, 11) is 0. The molecule has 0 saturated heterocycles. The summed E-state index contributed by atoms with van der Waals surface area (Å²) < 4.78 is 7.06. The molecule has 0 fully saturated rings. The zero-order chi connectivity index (χ0) is 15.5. The monoisotopic (exact) mass is 441 g/mol. The van der Waals surface area contributed by atoms with Crippen LogP contribution in [0.1, 0.15) is 0 Å². The van der Waals surface area contributed by atoms with E-state index in [1.165, 1.54) is 0 Å². The van der Waals surface area contributed by atoms with Crippen molar-refractivity contribution in [3.8, 4) is 11.8 Å². The third kappa shape index (κ3) is 3.47. The van der Waals surface area contributed by atoms with E-state index in [0.29, 0.717) is 11.8 Å². The summed E-state index contributed by atoms with van der Waals surface area (Å²) in [5.41, 5.74) is 0.899. The Labute approximate surface area is 150 Å². The number of halogens is 1. The van der Waals surface area contributed by atoms with E-state index in [1.807, 2.05) is 42.8 Å². The zero-order valence-corrected chi connectivity index (χ0v) is 15.7. The Morgan fingerprint density at radius 2 is 1.73 bits per heavy atom. The molecular weight excluding hydrogens is 429 g/mol. The van der Waals surface area contributed by atoms with E-state index in [2.05, 4.69) is 37.5 Å². The quantitative estimate of drug-likeness (QED) is 0.327. The van der Waals surface area contributed by atoms with Crippen molar-refractivity contribution in [1.29, 1.82) is 0 Å². The molecule has 3 rings (SSSR count). The average Bonchev–Trinajstić information content (AvgIpc) is 2.54. The molecule has 0 N–H and O–H groups in total. The zero-order valence-electron chi connectivity index (χ0n) is 11.9. The first-order chi connectivity index (χ1) is 10.7. The fourth-order valence-corrected chi connectivity index (χ4v) is 3.27. The lowest BCUT2D eigenvalue weighted by Crippen LogP contribution is -1.96. The summed E-state index contributed by atoms with van der Waals surface area (Å²) >= 11 is 5.41. The largest absolute Gasteiger partial charge is 0.423 e. The lowest BCUT2D eigenvalue weighted by atomic mass is 10.2. The van der Waals surface area contributed by atoms with Crippen LogP contribution in [-0.2, 0) is 0 Å². The van der Waals surface area contributed by atoms with E-state index >= 15 is 0 Å². The summed E-state index contributed by atoms with van der Waals surface area (Å²) in [5.74, 6) is 0.715. The Morgan fingerprint density at radius 3 is 2.41 bits per heavy atom. The summed E-state index contributed by atoms with van der Waals surface area (Å²) in [5, 5.41) is 2.73. The van der Waals surface area contributed by atoms with Crippen LogP contribution in [0, 0.1) is 3.57 Å². The second-order valence-electron chi connectivity index (χ2n) is 4.31. The molecule has 2 heterocycles. The highest BCUT2D eigenvalue weighted by Crippen LogP contribution is 2.30. The Morgan fingerprint density at radius 1 is 1.00 bits per heavy atom. The maximum atomic E-state index is 5.93. The molecular formula is C15H12IN3OS2. The average molecular weight is 441 g/mol. The maximum Gasteiger partial charge on any atom is 0.324 e. The number of benzene rings is 1. The third-order valence-electron chi connectivity index (χ3n) is 2.94. The smallest absolute Gasteiger partial charge is 0.324 e. The van der Waals surface area contributed by atoms with Crippen LogP contribution < -0.4 is 4.74 Å². The van der Waals surface area contributed by atoms with Crippen LogP contribution in [-0.4, -0.2) is 27.5 Å². The summed E-state index contributed by atoms with van der Waals surface area (Å²) in [6.07, 6.45) is 5.71. The van der Waals surface area contributed by atoms with Gasteiger partial charge in [-0.15, -0.1) is 23.5 Å². The van der Waals surface area contributed by atoms with Gasteiger partial charge in [0.2, 0.25) is 0 Å². The lowest BCUT2D eigenvalue weighted by molar-refractivity contribution is 0.436. The third-order valence-corrected chi connectivity index (χ3v) is 4.87. The first-order valence-electron chi connectivity index (χ1n) is 6.39. The molecule has 0 aliphatic carbocycles. The highest BCUT2D eigenvalue weighted by atomic mass is 127. The van der Waals surface area contributed by atoms with E-state index in [9.17, 15) is 0 Å². The van der Waals surface area contributed by atoms with E-state index in [0.717, 1.165) is 24.5 Å². The van der Waals surface area contributed by atoms with Crippen LogP contribution in [0.2, 0.25) is 0 Å². The van der Waals surface area contributed by atoms with Crippen LogP contribution in [0.25, 0.3) is 10.9 Å². The number of thioether (sulfide) groups is 2. The first kappa shape index (κ1) is 15.8. The van der Waals surface area contributed by atoms with Crippen molar-refractivity contribution < 1.29 is 4.74 Å². The van der Waals surface area contributed by atoms with E-state index in [-0.39, 0.29) is 0 Å². The van der Waals surface area contributed by atoms with Crippen molar-refractivity contribution in [2.75, 3.05) is 12.5 Å². The molecule has 2 aromatic heterocycles. The number of pyridine rings is 1. The molecule has 0 saturated carbocycles. The SMILES string of the molecule is CSc1cc(SC)nc(Oc2ccnc3cc(I)ccc23)n1. The molecule has 3 aromatic rings. The molecule has 0 atom stereocenters. The van der Waals surface area contributed by atoms with Gasteiger partial charge in [-0.25, -0.2) is 0 Å². The van der Waals surface area contributed by atoms with Crippen molar-refractivity contribution in [2.24, 2.45) is 0 Å². The van der Waals surface area contributed by atoms with Gasteiger partial charge >= 0.3 is 6.01 Å². The van der Waals surface area contributed by atoms with Crippen molar-refractivity contribution in [3.05, 3.63) is 40.1 Å². The van der Waals surface area contributed by atoms with Gasteiger partial charge in [0.15, 0.2) is 0 Å². The standard InChI is InChI=1S/C15H12IN3OS2/c1-21-13-8-14(22-2)19-15(18-13)20-12-5-6-17-11-7-9(16)3-4-10(11)12/h3-8H,1-2H3. The van der Waals surface area contributed by atoms with Crippen LogP contribution in [0.3, 0.4) is 0 Å².